The average Bonchev–Trinajstić information content (AvgIpc) is 3.30. The molecule has 2 saturated heterocycles. The monoisotopic (exact) mass is 369 g/mol. The lowest BCUT2D eigenvalue weighted by Crippen LogP contribution is -2.56. The van der Waals surface area contributed by atoms with Crippen molar-refractivity contribution in [3.63, 3.8) is 0 Å². The first-order valence-electron chi connectivity index (χ1n) is 10.1. The van der Waals surface area contributed by atoms with Crippen LogP contribution in [0.4, 0.5) is 4.79 Å². The zero-order valence-electron chi connectivity index (χ0n) is 15.7. The fraction of sp³-hybridized carbons (Fsp3) is 0.571. The average molecular weight is 369 g/mol. The minimum atomic E-state index is -0.819. The molecule has 4 amide bonds. The van der Waals surface area contributed by atoms with Gasteiger partial charge in [0.25, 0.3) is 5.91 Å². The first-order valence-corrected chi connectivity index (χ1v) is 10.1. The van der Waals surface area contributed by atoms with E-state index < -0.39 is 5.54 Å². The summed E-state index contributed by atoms with van der Waals surface area (Å²) < 4.78 is 0. The maximum absolute atomic E-state index is 13.0. The van der Waals surface area contributed by atoms with E-state index in [2.05, 4.69) is 5.32 Å². The minimum Gasteiger partial charge on any atom is -0.342 e. The summed E-state index contributed by atoms with van der Waals surface area (Å²) in [5.74, 6) is 0.270. The molecule has 1 spiro atoms. The van der Waals surface area contributed by atoms with Crippen molar-refractivity contribution in [2.75, 3.05) is 19.6 Å². The van der Waals surface area contributed by atoms with E-state index in [1.807, 2.05) is 35.2 Å². The fourth-order valence-corrected chi connectivity index (χ4v) is 4.64. The van der Waals surface area contributed by atoms with Crippen LogP contribution in [0.5, 0.6) is 0 Å². The van der Waals surface area contributed by atoms with Crippen LogP contribution < -0.4 is 5.32 Å². The number of benzene rings is 1. The van der Waals surface area contributed by atoms with Gasteiger partial charge in [-0.25, -0.2) is 4.79 Å². The largest absolute Gasteiger partial charge is 0.342 e. The molecule has 6 heteroatoms. The van der Waals surface area contributed by atoms with Crippen LogP contribution in [0.1, 0.15) is 44.1 Å². The number of urea groups is 1. The zero-order chi connectivity index (χ0) is 18.9. The van der Waals surface area contributed by atoms with Crippen LogP contribution in [0.3, 0.4) is 0 Å². The van der Waals surface area contributed by atoms with Gasteiger partial charge in [-0.05, 0) is 37.7 Å². The fourth-order valence-electron chi connectivity index (χ4n) is 4.64. The predicted octanol–water partition coefficient (Wildman–Crippen LogP) is 2.33. The highest BCUT2D eigenvalue weighted by Crippen LogP contribution is 2.32. The molecule has 1 aromatic carbocycles. The molecule has 2 aliphatic heterocycles. The molecule has 3 aliphatic rings. The van der Waals surface area contributed by atoms with E-state index in [-0.39, 0.29) is 23.8 Å². The topological polar surface area (TPSA) is 69.7 Å². The lowest BCUT2D eigenvalue weighted by atomic mass is 9.87. The predicted molar refractivity (Wildman–Crippen MR) is 101 cm³/mol. The molecular weight excluding hydrogens is 342 g/mol. The van der Waals surface area contributed by atoms with Gasteiger partial charge in [0.05, 0.1) is 0 Å². The summed E-state index contributed by atoms with van der Waals surface area (Å²) in [6.45, 7) is 1.49. The van der Waals surface area contributed by atoms with Crippen molar-refractivity contribution >= 4 is 17.8 Å². The van der Waals surface area contributed by atoms with E-state index in [1.54, 1.807) is 0 Å². The van der Waals surface area contributed by atoms with E-state index >= 15 is 0 Å². The number of hydrogen-bond acceptors (Lipinski definition) is 3. The number of nitrogens with zero attached hydrogens (tertiary/aromatic N) is 2. The number of carbonyl (C=O) groups excluding carboxylic acids is 3. The number of carbonyl (C=O) groups is 3. The molecule has 3 fully saturated rings. The van der Waals surface area contributed by atoms with E-state index in [1.165, 1.54) is 4.90 Å². The van der Waals surface area contributed by atoms with Crippen LogP contribution >= 0.6 is 0 Å². The van der Waals surface area contributed by atoms with Gasteiger partial charge in [-0.15, -0.1) is 0 Å². The Kier molecular flexibility index (Phi) is 4.89. The van der Waals surface area contributed by atoms with Crippen molar-refractivity contribution in [2.24, 2.45) is 5.92 Å². The lowest BCUT2D eigenvalue weighted by molar-refractivity contribution is -0.141. The highest BCUT2D eigenvalue weighted by Gasteiger charge is 2.52. The van der Waals surface area contributed by atoms with Crippen molar-refractivity contribution in [3.05, 3.63) is 35.9 Å². The zero-order valence-corrected chi connectivity index (χ0v) is 15.7. The van der Waals surface area contributed by atoms with Crippen molar-refractivity contribution in [3.8, 4) is 0 Å². The number of rotatable bonds is 4. The molecule has 1 saturated carbocycles. The van der Waals surface area contributed by atoms with Gasteiger partial charge in [0, 0.05) is 25.6 Å². The quantitative estimate of drug-likeness (QED) is 0.828. The Morgan fingerprint density at radius 3 is 2.41 bits per heavy atom. The van der Waals surface area contributed by atoms with Crippen LogP contribution in [0.2, 0.25) is 0 Å². The molecule has 0 unspecified atom stereocenters. The summed E-state index contributed by atoms with van der Waals surface area (Å²) >= 11 is 0. The molecule has 0 bridgehead atoms. The summed E-state index contributed by atoms with van der Waals surface area (Å²) in [6, 6.07) is 9.57. The Bertz CT molecular complexity index is 719. The molecule has 144 valence electrons. The second kappa shape index (κ2) is 7.33. The number of amides is 4. The Balaban J connectivity index is 1.36. The van der Waals surface area contributed by atoms with Crippen molar-refractivity contribution in [1.29, 1.82) is 0 Å². The second-order valence-electron chi connectivity index (χ2n) is 8.01. The maximum atomic E-state index is 13.0. The van der Waals surface area contributed by atoms with Crippen LogP contribution in [0.25, 0.3) is 0 Å². The number of hydrogen-bond donors (Lipinski definition) is 1. The minimum absolute atomic E-state index is 0.128. The molecule has 2 heterocycles. The molecule has 0 atom stereocenters. The molecule has 27 heavy (non-hydrogen) atoms. The number of imide groups is 1. The molecule has 1 aromatic rings. The van der Waals surface area contributed by atoms with E-state index in [0.29, 0.717) is 38.9 Å². The molecular formula is C21H27N3O3. The molecule has 4 rings (SSSR count). The molecule has 0 aromatic heterocycles. The number of likely N-dealkylation sites (tertiary alicyclic amines) is 1. The Hall–Kier alpha value is -2.37. The third kappa shape index (κ3) is 3.45. The summed E-state index contributed by atoms with van der Waals surface area (Å²) in [7, 11) is 0. The van der Waals surface area contributed by atoms with Gasteiger partial charge >= 0.3 is 6.03 Å². The van der Waals surface area contributed by atoms with Gasteiger partial charge in [-0.3, -0.25) is 14.5 Å². The van der Waals surface area contributed by atoms with Crippen LogP contribution in [0.15, 0.2) is 30.3 Å². The smallest absolute Gasteiger partial charge is 0.325 e. The highest BCUT2D eigenvalue weighted by molar-refractivity contribution is 6.07. The molecule has 6 nitrogen and oxygen atoms in total. The van der Waals surface area contributed by atoms with E-state index in [9.17, 15) is 14.4 Å². The van der Waals surface area contributed by atoms with Gasteiger partial charge < -0.3 is 10.2 Å². The Labute approximate surface area is 159 Å². The number of nitrogens with one attached hydrogen (secondary N) is 1. The third-order valence-electron chi connectivity index (χ3n) is 6.35. The van der Waals surface area contributed by atoms with Gasteiger partial charge in [0.2, 0.25) is 5.91 Å². The molecule has 1 N–H and O–H groups in total. The van der Waals surface area contributed by atoms with Crippen LogP contribution in [0, 0.1) is 5.92 Å². The van der Waals surface area contributed by atoms with Gasteiger partial charge in [0.1, 0.15) is 5.54 Å². The summed E-state index contributed by atoms with van der Waals surface area (Å²) in [5.41, 5.74) is 0.288. The SMILES string of the molecule is O=C(C1CCCC1)N1CCC2(CC1)NC(=O)N(CCc1ccccc1)C2=O. The molecule has 1 aliphatic carbocycles. The van der Waals surface area contributed by atoms with E-state index in [4.69, 9.17) is 0 Å². The molecule has 0 radical (unpaired) electrons. The van der Waals surface area contributed by atoms with Gasteiger partial charge in [-0.1, -0.05) is 43.2 Å². The first-order chi connectivity index (χ1) is 13.1. The van der Waals surface area contributed by atoms with Crippen molar-refractivity contribution in [1.82, 2.24) is 15.1 Å². The summed E-state index contributed by atoms with van der Waals surface area (Å²) in [5, 5.41) is 2.93. The van der Waals surface area contributed by atoms with Crippen molar-refractivity contribution in [2.45, 2.75) is 50.5 Å². The highest BCUT2D eigenvalue weighted by atomic mass is 16.2. The van der Waals surface area contributed by atoms with Gasteiger partial charge in [0.15, 0.2) is 0 Å². The third-order valence-corrected chi connectivity index (χ3v) is 6.35. The summed E-state index contributed by atoms with van der Waals surface area (Å²) in [6.07, 6.45) is 5.93. The number of piperidine rings is 1. The first kappa shape index (κ1) is 18.0. The van der Waals surface area contributed by atoms with Gasteiger partial charge in [-0.2, -0.15) is 0 Å². The lowest BCUT2D eigenvalue weighted by Gasteiger charge is -2.38. The van der Waals surface area contributed by atoms with Crippen LogP contribution in [-0.2, 0) is 16.0 Å². The standard InChI is InChI=1S/C21H27N3O3/c25-18(17-8-4-5-9-17)23-14-11-21(12-15-23)19(26)24(20(27)22-21)13-10-16-6-2-1-3-7-16/h1-3,6-7,17H,4-5,8-15H2,(H,22,27). The Morgan fingerprint density at radius 2 is 1.74 bits per heavy atom. The maximum Gasteiger partial charge on any atom is 0.325 e. The van der Waals surface area contributed by atoms with E-state index in [0.717, 1.165) is 31.2 Å². The van der Waals surface area contributed by atoms with Crippen molar-refractivity contribution < 1.29 is 14.4 Å². The summed E-state index contributed by atoms with van der Waals surface area (Å²) in [4.78, 5) is 41.3. The Morgan fingerprint density at radius 1 is 1.07 bits per heavy atom. The van der Waals surface area contributed by atoms with Crippen LogP contribution in [-0.4, -0.2) is 52.8 Å². The second-order valence-corrected chi connectivity index (χ2v) is 8.01. The normalized spacial score (nSPS) is 22.5.